The fourth-order valence-electron chi connectivity index (χ4n) is 1.86. The molecule has 3 rings (SSSR count). The number of benzene rings is 1. The summed E-state index contributed by atoms with van der Waals surface area (Å²) < 4.78 is 10.2. The molecule has 2 heterocycles. The van der Waals surface area contributed by atoms with E-state index in [1.165, 1.54) is 19.3 Å². The van der Waals surface area contributed by atoms with Gasteiger partial charge in [-0.05, 0) is 25.1 Å². The minimum Gasteiger partial charge on any atom is -0.466 e. The van der Waals surface area contributed by atoms with E-state index in [0.29, 0.717) is 16.5 Å². The van der Waals surface area contributed by atoms with Crippen LogP contribution < -0.4 is 15.4 Å². The summed E-state index contributed by atoms with van der Waals surface area (Å²) in [6, 6.07) is 6.19. The minimum atomic E-state index is -1.72. The zero-order valence-corrected chi connectivity index (χ0v) is 11.6. The van der Waals surface area contributed by atoms with Gasteiger partial charge in [0.15, 0.2) is 5.82 Å². The molecule has 2 N–H and O–H groups in total. The SMILES string of the molecule is C[C@@]1(C(=O)Nc2ccon2)Oc2ccc(Cl)cc2NC1=O. The number of carbonyl (C=O) groups is 2. The number of rotatable bonds is 2. The van der Waals surface area contributed by atoms with Crippen molar-refractivity contribution >= 4 is 34.9 Å². The number of nitrogens with zero attached hydrogens (tertiary/aromatic N) is 1. The molecule has 8 heteroatoms. The van der Waals surface area contributed by atoms with E-state index in [-0.39, 0.29) is 5.82 Å². The normalized spacial score (nSPS) is 20.2. The van der Waals surface area contributed by atoms with Crippen molar-refractivity contribution in [3.05, 3.63) is 35.6 Å². The first kappa shape index (κ1) is 13.4. The maximum atomic E-state index is 12.3. The highest BCUT2D eigenvalue weighted by molar-refractivity contribution is 6.31. The van der Waals surface area contributed by atoms with Crippen LogP contribution in [0.5, 0.6) is 5.75 Å². The third-order valence-corrected chi connectivity index (χ3v) is 3.28. The predicted octanol–water partition coefficient (Wildman–Crippen LogP) is 2.06. The van der Waals surface area contributed by atoms with Crippen molar-refractivity contribution in [3.8, 4) is 5.75 Å². The Balaban J connectivity index is 1.89. The van der Waals surface area contributed by atoms with Crippen molar-refractivity contribution < 1.29 is 18.8 Å². The number of hydrogen-bond acceptors (Lipinski definition) is 5. The van der Waals surface area contributed by atoms with Crippen LogP contribution in [0.3, 0.4) is 0 Å². The smallest absolute Gasteiger partial charge is 0.279 e. The number of aromatic nitrogens is 1. The van der Waals surface area contributed by atoms with E-state index in [1.54, 1.807) is 18.2 Å². The molecule has 1 aromatic heterocycles. The van der Waals surface area contributed by atoms with Gasteiger partial charge in [-0.15, -0.1) is 0 Å². The van der Waals surface area contributed by atoms with Crippen LogP contribution in [0.25, 0.3) is 0 Å². The Kier molecular flexibility index (Phi) is 3.06. The summed E-state index contributed by atoms with van der Waals surface area (Å²) in [5.41, 5.74) is -1.31. The van der Waals surface area contributed by atoms with Crippen molar-refractivity contribution in [2.24, 2.45) is 0 Å². The van der Waals surface area contributed by atoms with Crippen LogP contribution in [0.4, 0.5) is 11.5 Å². The van der Waals surface area contributed by atoms with Crippen LogP contribution in [-0.2, 0) is 9.59 Å². The first-order chi connectivity index (χ1) is 9.99. The largest absolute Gasteiger partial charge is 0.466 e. The van der Waals surface area contributed by atoms with Gasteiger partial charge in [-0.2, -0.15) is 0 Å². The van der Waals surface area contributed by atoms with Gasteiger partial charge in [-0.3, -0.25) is 9.59 Å². The van der Waals surface area contributed by atoms with E-state index >= 15 is 0 Å². The fraction of sp³-hybridized carbons (Fsp3) is 0.154. The quantitative estimate of drug-likeness (QED) is 0.828. The molecule has 1 aromatic carbocycles. The van der Waals surface area contributed by atoms with E-state index in [2.05, 4.69) is 20.3 Å². The van der Waals surface area contributed by atoms with E-state index in [0.717, 1.165) is 0 Å². The molecule has 108 valence electrons. The first-order valence-electron chi connectivity index (χ1n) is 6.01. The van der Waals surface area contributed by atoms with Gasteiger partial charge < -0.3 is 19.9 Å². The summed E-state index contributed by atoms with van der Waals surface area (Å²) in [7, 11) is 0. The summed E-state index contributed by atoms with van der Waals surface area (Å²) in [5, 5.41) is 9.05. The summed E-state index contributed by atoms with van der Waals surface area (Å²) in [6.07, 6.45) is 1.30. The van der Waals surface area contributed by atoms with Crippen molar-refractivity contribution in [2.75, 3.05) is 10.6 Å². The molecule has 0 unspecified atom stereocenters. The van der Waals surface area contributed by atoms with Crippen LogP contribution >= 0.6 is 11.6 Å². The third-order valence-electron chi connectivity index (χ3n) is 3.05. The van der Waals surface area contributed by atoms with Crippen LogP contribution in [0.15, 0.2) is 35.1 Å². The highest BCUT2D eigenvalue weighted by atomic mass is 35.5. The lowest BCUT2D eigenvalue weighted by Crippen LogP contribution is -2.56. The van der Waals surface area contributed by atoms with Crippen LogP contribution in [0.2, 0.25) is 5.02 Å². The molecular weight excluding hydrogens is 298 g/mol. The monoisotopic (exact) mass is 307 g/mol. The van der Waals surface area contributed by atoms with Crippen molar-refractivity contribution in [1.82, 2.24) is 5.16 Å². The molecular formula is C13H10ClN3O4. The molecule has 0 bridgehead atoms. The molecule has 2 aromatic rings. The van der Waals surface area contributed by atoms with Gasteiger partial charge in [0.2, 0.25) is 0 Å². The number of fused-ring (bicyclic) bond motifs is 1. The second kappa shape index (κ2) is 4.78. The van der Waals surface area contributed by atoms with Gasteiger partial charge in [0.25, 0.3) is 17.4 Å². The number of nitrogens with one attached hydrogen (secondary N) is 2. The molecule has 0 saturated heterocycles. The van der Waals surface area contributed by atoms with Crippen molar-refractivity contribution in [2.45, 2.75) is 12.5 Å². The Morgan fingerprint density at radius 2 is 2.24 bits per heavy atom. The molecule has 1 aliphatic rings. The number of anilines is 2. The maximum absolute atomic E-state index is 12.3. The lowest BCUT2D eigenvalue weighted by atomic mass is 10.0. The Hall–Kier alpha value is -2.54. The highest BCUT2D eigenvalue weighted by Crippen LogP contribution is 2.35. The molecule has 0 saturated carbocycles. The maximum Gasteiger partial charge on any atom is 0.279 e. The number of hydrogen-bond donors (Lipinski definition) is 2. The Bertz CT molecular complexity index is 716. The molecule has 0 radical (unpaired) electrons. The topological polar surface area (TPSA) is 93.5 Å². The van der Waals surface area contributed by atoms with Gasteiger partial charge in [-0.1, -0.05) is 16.8 Å². The van der Waals surface area contributed by atoms with Crippen LogP contribution in [0, 0.1) is 0 Å². The lowest BCUT2D eigenvalue weighted by molar-refractivity contribution is -0.143. The summed E-state index contributed by atoms with van der Waals surface area (Å²) in [4.78, 5) is 24.4. The first-order valence-corrected chi connectivity index (χ1v) is 6.39. The highest BCUT2D eigenvalue weighted by Gasteiger charge is 2.47. The average Bonchev–Trinajstić information content (AvgIpc) is 2.93. The molecule has 21 heavy (non-hydrogen) atoms. The average molecular weight is 308 g/mol. The zero-order chi connectivity index (χ0) is 15.0. The summed E-state index contributed by atoms with van der Waals surface area (Å²) in [5.74, 6) is -0.705. The van der Waals surface area contributed by atoms with E-state index in [1.807, 2.05) is 0 Å². The predicted molar refractivity (Wildman–Crippen MR) is 74.2 cm³/mol. The molecule has 0 aliphatic carbocycles. The van der Waals surface area contributed by atoms with Gasteiger partial charge in [-0.25, -0.2) is 0 Å². The van der Waals surface area contributed by atoms with Gasteiger partial charge in [0, 0.05) is 11.1 Å². The molecule has 1 atom stereocenters. The van der Waals surface area contributed by atoms with Crippen molar-refractivity contribution in [1.29, 1.82) is 0 Å². The van der Waals surface area contributed by atoms with Gasteiger partial charge >= 0.3 is 0 Å². The molecule has 0 fully saturated rings. The lowest BCUT2D eigenvalue weighted by Gasteiger charge is -2.33. The molecule has 7 nitrogen and oxygen atoms in total. The number of ether oxygens (including phenoxy) is 1. The number of amides is 2. The van der Waals surface area contributed by atoms with E-state index < -0.39 is 17.4 Å². The molecule has 2 amide bonds. The second-order valence-electron chi connectivity index (χ2n) is 4.57. The van der Waals surface area contributed by atoms with Gasteiger partial charge in [0.1, 0.15) is 12.0 Å². The fourth-order valence-corrected chi connectivity index (χ4v) is 2.03. The minimum absolute atomic E-state index is 0.194. The molecule has 0 spiro atoms. The van der Waals surface area contributed by atoms with Crippen LogP contribution in [0.1, 0.15) is 6.92 Å². The van der Waals surface area contributed by atoms with E-state index in [9.17, 15) is 9.59 Å². The molecule has 1 aliphatic heterocycles. The Morgan fingerprint density at radius 1 is 1.43 bits per heavy atom. The summed E-state index contributed by atoms with van der Waals surface area (Å²) in [6.45, 7) is 1.37. The van der Waals surface area contributed by atoms with Crippen molar-refractivity contribution in [3.63, 3.8) is 0 Å². The van der Waals surface area contributed by atoms with Crippen LogP contribution in [-0.4, -0.2) is 22.6 Å². The van der Waals surface area contributed by atoms with Gasteiger partial charge in [0.05, 0.1) is 5.69 Å². The Morgan fingerprint density at radius 3 is 2.95 bits per heavy atom. The number of halogens is 1. The van der Waals surface area contributed by atoms with E-state index in [4.69, 9.17) is 16.3 Å². The summed E-state index contributed by atoms with van der Waals surface area (Å²) >= 11 is 5.85. The zero-order valence-electron chi connectivity index (χ0n) is 10.8. The number of carbonyl (C=O) groups excluding carboxylic acids is 2. The Labute approximate surface area is 124 Å². The second-order valence-corrected chi connectivity index (χ2v) is 5.01. The third kappa shape index (κ3) is 2.31. The standard InChI is InChI=1S/C13H10ClN3O4/c1-13(12(19)16-10-4-5-20-17-10)11(18)15-8-6-7(14)2-3-9(8)21-13/h2-6H,1H3,(H,15,18)(H,16,17,19)/t13-/m1/s1.